The summed E-state index contributed by atoms with van der Waals surface area (Å²) in [5.41, 5.74) is 16.1. The van der Waals surface area contributed by atoms with Crippen molar-refractivity contribution in [1.29, 1.82) is 0 Å². The highest BCUT2D eigenvalue weighted by atomic mass is 28.4. The van der Waals surface area contributed by atoms with Crippen LogP contribution in [-0.2, 0) is 10.8 Å². The van der Waals surface area contributed by atoms with Gasteiger partial charge in [0.1, 0.15) is 29.1 Å². The fourth-order valence-electron chi connectivity index (χ4n) is 5.30. The second-order valence-corrected chi connectivity index (χ2v) is 17.5. The Kier molecular flexibility index (Phi) is 9.17. The van der Waals surface area contributed by atoms with Crippen LogP contribution in [0, 0.1) is 6.92 Å². The Labute approximate surface area is 250 Å². The third-order valence-corrected chi connectivity index (χ3v) is 13.3. The van der Waals surface area contributed by atoms with Crippen LogP contribution in [0.15, 0.2) is 42.5 Å². The van der Waals surface area contributed by atoms with Gasteiger partial charge < -0.3 is 25.9 Å². The Morgan fingerprint density at radius 2 is 1.81 bits per heavy atom. The van der Waals surface area contributed by atoms with E-state index < -0.39 is 20.5 Å². The highest BCUT2D eigenvalue weighted by molar-refractivity contribution is 6.74. The van der Waals surface area contributed by atoms with Crippen molar-refractivity contribution >= 4 is 25.9 Å². The number of carbonyl (C=O) groups excluding carboxylic acids is 2. The van der Waals surface area contributed by atoms with Crippen molar-refractivity contribution in [2.75, 3.05) is 12.8 Å². The van der Waals surface area contributed by atoms with Crippen molar-refractivity contribution in [1.82, 2.24) is 15.1 Å². The first kappa shape index (κ1) is 31.3. The minimum atomic E-state index is -2.25. The first-order valence-corrected chi connectivity index (χ1v) is 17.5. The maximum Gasteiger partial charge on any atom is 0.257 e. The molecule has 0 saturated heterocycles. The SMILES string of the molecule is COc1ccccc1C(=O)N[C@H](Cc1ccc(-c2nn(C3CCCC3)c(N)c2C(N)=O)cc1C)O[Si](C)(C)C(C)(C)C. The molecule has 1 heterocycles. The first-order valence-electron chi connectivity index (χ1n) is 14.6. The van der Waals surface area contributed by atoms with Crippen LogP contribution in [0.1, 0.15) is 84.3 Å². The Bertz CT molecular complexity index is 1450. The number of aryl methyl sites for hydroxylation is 1. The van der Waals surface area contributed by atoms with E-state index in [1.165, 1.54) is 0 Å². The number of anilines is 1. The number of rotatable bonds is 10. The molecular weight excluding hydrogens is 546 g/mol. The molecule has 0 aliphatic heterocycles. The maximum atomic E-state index is 13.4. The number of nitrogens with two attached hydrogens (primary N) is 2. The predicted octanol–water partition coefficient (Wildman–Crippen LogP) is 5.98. The van der Waals surface area contributed by atoms with Gasteiger partial charge >= 0.3 is 0 Å². The lowest BCUT2D eigenvalue weighted by atomic mass is 9.98. The number of primary amides is 1. The lowest BCUT2D eigenvalue weighted by Gasteiger charge is -2.39. The first-order chi connectivity index (χ1) is 19.7. The molecule has 1 atom stereocenters. The molecule has 1 saturated carbocycles. The molecule has 1 aliphatic rings. The van der Waals surface area contributed by atoms with E-state index in [9.17, 15) is 9.59 Å². The van der Waals surface area contributed by atoms with E-state index in [0.29, 0.717) is 29.2 Å². The van der Waals surface area contributed by atoms with Gasteiger partial charge in [0.2, 0.25) is 0 Å². The van der Waals surface area contributed by atoms with E-state index in [1.807, 2.05) is 37.3 Å². The third-order valence-electron chi connectivity index (χ3n) is 8.77. The summed E-state index contributed by atoms with van der Waals surface area (Å²) in [4.78, 5) is 25.9. The molecule has 3 aromatic rings. The number of nitrogen functional groups attached to an aromatic ring is 1. The number of amides is 2. The van der Waals surface area contributed by atoms with Gasteiger partial charge in [-0.15, -0.1) is 0 Å². The van der Waals surface area contributed by atoms with Crippen molar-refractivity contribution in [3.8, 4) is 17.0 Å². The molecule has 2 amide bonds. The van der Waals surface area contributed by atoms with Crippen LogP contribution in [0.4, 0.5) is 5.82 Å². The minimum absolute atomic E-state index is 0.0530. The van der Waals surface area contributed by atoms with E-state index >= 15 is 0 Å². The summed E-state index contributed by atoms with van der Waals surface area (Å²) in [5, 5.41) is 7.85. The van der Waals surface area contributed by atoms with Gasteiger partial charge in [0.15, 0.2) is 8.32 Å². The van der Waals surface area contributed by atoms with E-state index in [4.69, 9.17) is 25.7 Å². The normalized spacial score (nSPS) is 15.0. The van der Waals surface area contributed by atoms with Crippen LogP contribution >= 0.6 is 0 Å². The second kappa shape index (κ2) is 12.3. The minimum Gasteiger partial charge on any atom is -0.496 e. The molecule has 0 bridgehead atoms. The van der Waals surface area contributed by atoms with Crippen LogP contribution in [0.3, 0.4) is 0 Å². The summed E-state index contributed by atoms with van der Waals surface area (Å²) in [6.45, 7) is 12.9. The molecule has 1 aliphatic carbocycles. The number of aromatic nitrogens is 2. The maximum absolute atomic E-state index is 13.4. The fourth-order valence-corrected chi connectivity index (χ4v) is 6.51. The molecule has 1 fully saturated rings. The number of ether oxygens (including phenoxy) is 1. The van der Waals surface area contributed by atoms with Crippen molar-refractivity contribution < 1.29 is 18.8 Å². The molecule has 0 spiro atoms. The Morgan fingerprint density at radius 1 is 1.14 bits per heavy atom. The van der Waals surface area contributed by atoms with Crippen LogP contribution in [0.5, 0.6) is 5.75 Å². The molecule has 10 heteroatoms. The van der Waals surface area contributed by atoms with Gasteiger partial charge in [-0.2, -0.15) is 5.10 Å². The molecule has 2 aromatic carbocycles. The summed E-state index contributed by atoms with van der Waals surface area (Å²) in [7, 11) is -0.703. The molecule has 226 valence electrons. The number of nitrogens with zero attached hydrogens (tertiary/aromatic N) is 2. The van der Waals surface area contributed by atoms with Gasteiger partial charge in [-0.1, -0.05) is 57.9 Å². The molecule has 9 nitrogen and oxygen atoms in total. The molecule has 0 unspecified atom stereocenters. The Morgan fingerprint density at radius 3 is 2.40 bits per heavy atom. The van der Waals surface area contributed by atoms with E-state index in [-0.39, 0.29) is 22.6 Å². The predicted molar refractivity (Wildman–Crippen MR) is 169 cm³/mol. The largest absolute Gasteiger partial charge is 0.496 e. The highest BCUT2D eigenvalue weighted by Gasteiger charge is 2.40. The molecule has 1 aromatic heterocycles. The Balaban J connectivity index is 1.66. The average molecular weight is 592 g/mol. The van der Waals surface area contributed by atoms with Gasteiger partial charge in [0.25, 0.3) is 11.8 Å². The van der Waals surface area contributed by atoms with E-state index in [0.717, 1.165) is 42.4 Å². The third kappa shape index (κ3) is 6.55. The average Bonchev–Trinajstić information content (AvgIpc) is 3.56. The van der Waals surface area contributed by atoms with Gasteiger partial charge in [-0.25, -0.2) is 4.68 Å². The number of methoxy groups -OCH3 is 1. The summed E-state index contributed by atoms with van der Waals surface area (Å²) in [5.74, 6) is -0.0176. The van der Waals surface area contributed by atoms with Crippen molar-refractivity contribution in [3.63, 3.8) is 0 Å². The zero-order chi connectivity index (χ0) is 30.8. The number of nitrogens with one attached hydrogen (secondary N) is 1. The van der Waals surface area contributed by atoms with Gasteiger partial charge in [0, 0.05) is 12.0 Å². The molecule has 42 heavy (non-hydrogen) atoms. The lowest BCUT2D eigenvalue weighted by Crippen LogP contribution is -2.50. The monoisotopic (exact) mass is 591 g/mol. The number of carbonyl (C=O) groups is 2. The number of hydrogen-bond acceptors (Lipinski definition) is 6. The Hall–Kier alpha value is -3.63. The lowest BCUT2D eigenvalue weighted by molar-refractivity contribution is 0.0801. The smallest absolute Gasteiger partial charge is 0.257 e. The van der Waals surface area contributed by atoms with Gasteiger partial charge in [-0.3, -0.25) is 9.59 Å². The standard InChI is InChI=1S/C32H45N5O4Si/c1-20-18-22(28-27(30(34)38)29(33)37(36-28)23-12-8-9-13-23)17-16-21(20)19-26(41-42(6,7)32(2,3)4)35-31(39)24-14-10-11-15-25(24)40-5/h10-11,14-18,23,26H,8-9,12-13,19,33H2,1-7H3,(H2,34,38)(H,35,39)/t26-/m0/s1. The van der Waals surface area contributed by atoms with Crippen LogP contribution in [-0.4, -0.2) is 43.2 Å². The topological polar surface area (TPSA) is 134 Å². The zero-order valence-corrected chi connectivity index (χ0v) is 26.9. The summed E-state index contributed by atoms with van der Waals surface area (Å²) < 4.78 is 13.9. The zero-order valence-electron chi connectivity index (χ0n) is 25.9. The van der Waals surface area contributed by atoms with Crippen molar-refractivity contribution in [2.45, 2.75) is 90.2 Å². The van der Waals surface area contributed by atoms with Gasteiger partial charge in [0.05, 0.1) is 18.7 Å². The molecule has 0 radical (unpaired) electrons. The molecular formula is C32H45N5O4Si. The van der Waals surface area contributed by atoms with Crippen LogP contribution in [0.2, 0.25) is 18.1 Å². The van der Waals surface area contributed by atoms with Gasteiger partial charge in [-0.05, 0) is 67.2 Å². The number of hydrogen-bond donors (Lipinski definition) is 3. The molecule has 4 rings (SSSR count). The quantitative estimate of drug-likeness (QED) is 0.196. The van der Waals surface area contributed by atoms with Crippen molar-refractivity contribution in [3.05, 3.63) is 64.7 Å². The van der Waals surface area contributed by atoms with E-state index in [2.05, 4.69) is 39.2 Å². The van der Waals surface area contributed by atoms with Crippen molar-refractivity contribution in [2.24, 2.45) is 5.73 Å². The number of para-hydroxylation sites is 1. The summed E-state index contributed by atoms with van der Waals surface area (Å²) in [6.07, 6.45) is 4.09. The summed E-state index contributed by atoms with van der Waals surface area (Å²) >= 11 is 0. The van der Waals surface area contributed by atoms with E-state index in [1.54, 1.807) is 23.9 Å². The van der Waals surface area contributed by atoms with Crippen LogP contribution < -0.4 is 21.5 Å². The molecule has 5 N–H and O–H groups in total. The fraction of sp³-hybridized carbons (Fsp3) is 0.469. The summed E-state index contributed by atoms with van der Waals surface area (Å²) in [6, 6.07) is 13.3. The second-order valence-electron chi connectivity index (χ2n) is 12.7. The highest BCUT2D eigenvalue weighted by Crippen LogP contribution is 2.38. The van der Waals surface area contributed by atoms with Crippen LogP contribution in [0.25, 0.3) is 11.3 Å². The number of benzene rings is 2.